The average molecular weight is 314 g/mol. The number of carbonyl (C=O) groups excluding carboxylic acids is 1. The number of carbonyl (C=O) groups is 1. The molecule has 1 saturated carbocycles. The fourth-order valence-electron chi connectivity index (χ4n) is 3.19. The van der Waals surface area contributed by atoms with Crippen LogP contribution in [0.25, 0.3) is 11.3 Å². The lowest BCUT2D eigenvalue weighted by Crippen LogP contribution is -2.33. The minimum atomic E-state index is -0.0802. The Morgan fingerprint density at radius 3 is 2.87 bits per heavy atom. The monoisotopic (exact) mass is 314 g/mol. The molecule has 2 aliphatic carbocycles. The van der Waals surface area contributed by atoms with Crippen LogP contribution in [0.2, 0.25) is 0 Å². The molecule has 0 atom stereocenters. The molecule has 1 N–H and O–H groups in total. The van der Waals surface area contributed by atoms with Crippen LogP contribution in [-0.2, 0) is 11.2 Å². The summed E-state index contributed by atoms with van der Waals surface area (Å²) in [6.45, 7) is 2.40. The molecule has 3 aliphatic rings. The molecule has 5 heteroatoms. The van der Waals surface area contributed by atoms with Gasteiger partial charge in [0.1, 0.15) is 5.76 Å². The van der Waals surface area contributed by atoms with Crippen LogP contribution in [0, 0.1) is 12.8 Å². The van der Waals surface area contributed by atoms with Gasteiger partial charge in [-0.2, -0.15) is 0 Å². The number of aryl methyl sites for hydroxylation is 1. The number of amides is 1. The summed E-state index contributed by atoms with van der Waals surface area (Å²) in [6, 6.07) is 4.73. The van der Waals surface area contributed by atoms with E-state index in [1.165, 1.54) is 18.6 Å². The minimum absolute atomic E-state index is 0.0802. The van der Waals surface area contributed by atoms with Gasteiger partial charge in [-0.05, 0) is 31.9 Å². The maximum atomic E-state index is 12.1. The smallest absolute Gasteiger partial charge is 0.223 e. The van der Waals surface area contributed by atoms with Gasteiger partial charge in [0.2, 0.25) is 5.91 Å². The van der Waals surface area contributed by atoms with Crippen molar-refractivity contribution in [1.29, 1.82) is 0 Å². The van der Waals surface area contributed by atoms with E-state index >= 15 is 0 Å². The molecule has 5 nitrogen and oxygen atoms in total. The van der Waals surface area contributed by atoms with E-state index in [1.807, 2.05) is 6.92 Å². The van der Waals surface area contributed by atoms with Gasteiger partial charge in [-0.25, -0.2) is 4.98 Å². The second-order valence-electron chi connectivity index (χ2n) is 6.23. The summed E-state index contributed by atoms with van der Waals surface area (Å²) in [5, 5.41) is 2.98. The third-order valence-corrected chi connectivity index (χ3v) is 4.48. The number of benzene rings is 1. The molecule has 0 unspecified atom stereocenters. The zero-order valence-electron chi connectivity index (χ0n) is 13.4. The van der Waals surface area contributed by atoms with E-state index in [-0.39, 0.29) is 17.3 Å². The van der Waals surface area contributed by atoms with Crippen LogP contribution < -0.4 is 10.7 Å². The number of nitrogens with one attached hydrogen (secondary N) is 1. The van der Waals surface area contributed by atoms with E-state index in [2.05, 4.69) is 10.3 Å². The van der Waals surface area contributed by atoms with Crippen LogP contribution in [0.5, 0.6) is 0 Å². The zero-order chi connectivity index (χ0) is 16.2. The summed E-state index contributed by atoms with van der Waals surface area (Å²) in [7, 11) is 0. The van der Waals surface area contributed by atoms with Crippen molar-refractivity contribution >= 4 is 5.91 Å². The third-order valence-electron chi connectivity index (χ3n) is 4.48. The lowest BCUT2D eigenvalue weighted by molar-refractivity contribution is -0.125. The van der Waals surface area contributed by atoms with Gasteiger partial charge in [-0.15, -0.1) is 0 Å². The largest absolute Gasteiger partial charge is 0.442 e. The van der Waals surface area contributed by atoms with Crippen molar-refractivity contribution in [3.05, 3.63) is 40.0 Å². The normalized spacial score (nSPS) is 15.7. The van der Waals surface area contributed by atoms with Gasteiger partial charge in [0.15, 0.2) is 11.3 Å². The van der Waals surface area contributed by atoms with Crippen LogP contribution >= 0.6 is 0 Å². The number of hydrogen-bond donors (Lipinski definition) is 1. The molecule has 0 aromatic heterocycles. The summed E-state index contributed by atoms with van der Waals surface area (Å²) in [5.41, 5.74) is 1.60. The average Bonchev–Trinajstić information content (AvgIpc) is 2.55. The van der Waals surface area contributed by atoms with Crippen LogP contribution in [0.4, 0.5) is 0 Å². The van der Waals surface area contributed by atoms with E-state index in [0.717, 1.165) is 36.9 Å². The van der Waals surface area contributed by atoms with Crippen molar-refractivity contribution in [2.45, 2.75) is 45.4 Å². The van der Waals surface area contributed by atoms with E-state index in [9.17, 15) is 9.59 Å². The molecule has 0 radical (unpaired) electrons. The first-order valence-corrected chi connectivity index (χ1v) is 8.31. The maximum Gasteiger partial charge on any atom is 0.223 e. The van der Waals surface area contributed by atoms with Crippen molar-refractivity contribution < 1.29 is 9.21 Å². The second-order valence-corrected chi connectivity index (χ2v) is 6.23. The molecule has 23 heavy (non-hydrogen) atoms. The Hall–Kier alpha value is -2.17. The summed E-state index contributed by atoms with van der Waals surface area (Å²) >= 11 is 0. The summed E-state index contributed by atoms with van der Waals surface area (Å²) in [4.78, 5) is 28.0. The highest BCUT2D eigenvalue weighted by molar-refractivity contribution is 5.78. The molecule has 1 amide bonds. The molecule has 0 bridgehead atoms. The lowest BCUT2D eigenvalue weighted by atomic mass is 9.89. The van der Waals surface area contributed by atoms with Crippen LogP contribution in [0.3, 0.4) is 0 Å². The topological polar surface area (TPSA) is 72.2 Å². The number of hydrogen-bond acceptors (Lipinski definition) is 4. The number of fused-ring (bicyclic) bond motifs is 1. The highest BCUT2D eigenvalue weighted by Crippen LogP contribution is 2.24. The van der Waals surface area contributed by atoms with E-state index in [4.69, 9.17) is 4.42 Å². The quantitative estimate of drug-likeness (QED) is 0.941. The second kappa shape index (κ2) is 6.94. The highest BCUT2D eigenvalue weighted by Gasteiger charge is 2.20. The highest BCUT2D eigenvalue weighted by atomic mass is 16.3. The summed E-state index contributed by atoms with van der Waals surface area (Å²) in [5.74, 6) is 1.40. The molecule has 0 aromatic rings. The summed E-state index contributed by atoms with van der Waals surface area (Å²) < 4.78 is 5.69. The van der Waals surface area contributed by atoms with Crippen molar-refractivity contribution in [3.8, 4) is 11.3 Å². The number of nitrogens with zero attached hydrogens (tertiary/aromatic N) is 1. The van der Waals surface area contributed by atoms with Gasteiger partial charge in [0, 0.05) is 30.5 Å². The Bertz CT molecular complexity index is 717. The van der Waals surface area contributed by atoms with E-state index < -0.39 is 0 Å². The Labute approximate surface area is 135 Å². The Balaban J connectivity index is 1.62. The molecular weight excluding hydrogens is 292 g/mol. The third kappa shape index (κ3) is 3.78. The van der Waals surface area contributed by atoms with Crippen LogP contribution in [0.1, 0.15) is 43.7 Å². The molecule has 3 rings (SSSR count). The van der Waals surface area contributed by atoms with Gasteiger partial charge >= 0.3 is 0 Å². The van der Waals surface area contributed by atoms with Crippen molar-refractivity contribution in [3.63, 3.8) is 0 Å². The standard InChI is InChI=1S/C18H22N2O3/c1-12-15-8-7-14(21)11-16(15)23-17(20-12)9-10-19-18(22)13-5-3-2-4-6-13/h7-8,11,13H,2-6,9-10H2,1H3,(H,19,22). The molecular formula is C18H22N2O3. The molecule has 0 aromatic carbocycles. The Morgan fingerprint density at radius 2 is 2.09 bits per heavy atom. The molecule has 1 aliphatic heterocycles. The lowest BCUT2D eigenvalue weighted by Gasteiger charge is -2.20. The fraction of sp³-hybridized carbons (Fsp3) is 0.500. The van der Waals surface area contributed by atoms with Gasteiger partial charge in [-0.3, -0.25) is 9.59 Å². The van der Waals surface area contributed by atoms with Gasteiger partial charge in [0.25, 0.3) is 0 Å². The van der Waals surface area contributed by atoms with Crippen molar-refractivity contribution in [2.24, 2.45) is 5.92 Å². The van der Waals surface area contributed by atoms with E-state index in [0.29, 0.717) is 24.6 Å². The predicted octanol–water partition coefficient (Wildman–Crippen LogP) is 2.69. The molecule has 0 spiro atoms. The fourth-order valence-corrected chi connectivity index (χ4v) is 3.19. The summed E-state index contributed by atoms with van der Waals surface area (Å²) in [6.07, 6.45) is 6.06. The Kier molecular flexibility index (Phi) is 4.74. The first-order chi connectivity index (χ1) is 11.1. The number of rotatable bonds is 4. The maximum absolute atomic E-state index is 12.1. The zero-order valence-corrected chi connectivity index (χ0v) is 13.4. The van der Waals surface area contributed by atoms with Crippen LogP contribution in [0.15, 0.2) is 27.4 Å². The SMILES string of the molecule is Cc1nc(CCNC(=O)C2CCCCC2)oc2cc(=O)ccc1-2. The van der Waals surface area contributed by atoms with Crippen molar-refractivity contribution in [2.75, 3.05) is 6.54 Å². The first kappa shape index (κ1) is 15.7. The first-order valence-electron chi connectivity index (χ1n) is 8.31. The van der Waals surface area contributed by atoms with E-state index in [1.54, 1.807) is 6.07 Å². The molecule has 0 saturated heterocycles. The minimum Gasteiger partial charge on any atom is -0.442 e. The van der Waals surface area contributed by atoms with Crippen molar-refractivity contribution in [1.82, 2.24) is 10.3 Å². The number of aromatic nitrogens is 1. The molecule has 1 fully saturated rings. The van der Waals surface area contributed by atoms with Gasteiger partial charge in [-0.1, -0.05) is 19.3 Å². The van der Waals surface area contributed by atoms with Gasteiger partial charge < -0.3 is 9.73 Å². The predicted molar refractivity (Wildman–Crippen MR) is 87.4 cm³/mol. The molecule has 1 heterocycles. The Morgan fingerprint density at radius 1 is 1.30 bits per heavy atom. The van der Waals surface area contributed by atoms with Crippen LogP contribution in [-0.4, -0.2) is 17.4 Å². The molecule has 122 valence electrons. The van der Waals surface area contributed by atoms with Gasteiger partial charge in [0.05, 0.1) is 5.69 Å².